The number of amides is 1. The topological polar surface area (TPSA) is 59.0 Å². The fraction of sp³-hybridized carbons (Fsp3) is 0.444. The van der Waals surface area contributed by atoms with Crippen LogP contribution >= 0.6 is 24.0 Å². The van der Waals surface area contributed by atoms with E-state index < -0.39 is 0 Å². The average molecular weight is 383 g/mol. The zero-order chi connectivity index (χ0) is 17.1. The number of benzene rings is 1. The van der Waals surface area contributed by atoms with Gasteiger partial charge < -0.3 is 10.6 Å². The molecule has 136 valence electrons. The van der Waals surface area contributed by atoms with Gasteiger partial charge in [0, 0.05) is 23.3 Å². The zero-order valence-corrected chi connectivity index (χ0v) is 16.1. The van der Waals surface area contributed by atoms with Crippen molar-refractivity contribution in [3.05, 3.63) is 51.8 Å². The molecule has 7 heteroatoms. The van der Waals surface area contributed by atoms with E-state index in [1.165, 1.54) is 0 Å². The number of hydrogen-bond donors (Lipinski definition) is 2. The fourth-order valence-corrected chi connectivity index (χ4v) is 3.40. The Morgan fingerprint density at radius 3 is 2.84 bits per heavy atom. The number of hydrogen-bond acceptors (Lipinski definition) is 3. The standard InChI is InChI=1S/C18H23ClN4O.ClH/c1-12-17(18(24)21-15-7-5-9-20-10-15)13(2)23(22-12)11-14-6-3-4-8-16(14)19;/h3-4,6,8,15,20H,5,7,9-11H2,1-2H3,(H,21,24);1H/t15-;/m0./s1. The molecule has 0 spiro atoms. The first-order chi connectivity index (χ1) is 11.6. The van der Waals surface area contributed by atoms with E-state index in [0.717, 1.165) is 42.9 Å². The summed E-state index contributed by atoms with van der Waals surface area (Å²) in [5.74, 6) is -0.0379. The number of rotatable bonds is 4. The normalized spacial score (nSPS) is 17.0. The van der Waals surface area contributed by atoms with Gasteiger partial charge in [-0.15, -0.1) is 12.4 Å². The third-order valence-electron chi connectivity index (χ3n) is 4.52. The molecule has 1 aliphatic rings. The first kappa shape index (κ1) is 19.8. The number of nitrogens with one attached hydrogen (secondary N) is 2. The minimum Gasteiger partial charge on any atom is -0.348 e. The van der Waals surface area contributed by atoms with Crippen LogP contribution in [0.25, 0.3) is 0 Å². The van der Waals surface area contributed by atoms with E-state index >= 15 is 0 Å². The van der Waals surface area contributed by atoms with Gasteiger partial charge in [0.05, 0.1) is 17.8 Å². The maximum absolute atomic E-state index is 12.7. The van der Waals surface area contributed by atoms with Crippen LogP contribution in [0.1, 0.15) is 40.2 Å². The fourth-order valence-electron chi connectivity index (χ4n) is 3.20. The van der Waals surface area contributed by atoms with Crippen LogP contribution in [0.4, 0.5) is 0 Å². The largest absolute Gasteiger partial charge is 0.348 e. The molecule has 1 atom stereocenters. The van der Waals surface area contributed by atoms with Crippen molar-refractivity contribution in [2.45, 2.75) is 39.3 Å². The highest BCUT2D eigenvalue weighted by Gasteiger charge is 2.22. The first-order valence-electron chi connectivity index (χ1n) is 8.35. The molecule has 1 aromatic heterocycles. The second-order valence-electron chi connectivity index (χ2n) is 6.31. The van der Waals surface area contributed by atoms with Gasteiger partial charge >= 0.3 is 0 Å². The van der Waals surface area contributed by atoms with Crippen molar-refractivity contribution in [1.82, 2.24) is 20.4 Å². The summed E-state index contributed by atoms with van der Waals surface area (Å²) in [5, 5.41) is 11.7. The Morgan fingerprint density at radius 2 is 2.16 bits per heavy atom. The maximum atomic E-state index is 12.7. The van der Waals surface area contributed by atoms with Gasteiger partial charge in [-0.1, -0.05) is 29.8 Å². The van der Waals surface area contributed by atoms with Gasteiger partial charge in [-0.3, -0.25) is 9.48 Å². The maximum Gasteiger partial charge on any atom is 0.255 e. The Hall–Kier alpha value is -1.56. The van der Waals surface area contributed by atoms with E-state index in [9.17, 15) is 4.79 Å². The summed E-state index contributed by atoms with van der Waals surface area (Å²) >= 11 is 6.24. The van der Waals surface area contributed by atoms with Gasteiger partial charge in [-0.2, -0.15) is 5.10 Å². The van der Waals surface area contributed by atoms with Crippen LogP contribution < -0.4 is 10.6 Å². The molecule has 0 bridgehead atoms. The average Bonchev–Trinajstić information content (AvgIpc) is 2.84. The number of halogens is 2. The van der Waals surface area contributed by atoms with E-state index in [4.69, 9.17) is 11.6 Å². The lowest BCUT2D eigenvalue weighted by Gasteiger charge is -2.23. The first-order valence-corrected chi connectivity index (χ1v) is 8.73. The van der Waals surface area contributed by atoms with E-state index in [-0.39, 0.29) is 24.4 Å². The van der Waals surface area contributed by atoms with Crippen molar-refractivity contribution in [3.63, 3.8) is 0 Å². The van der Waals surface area contributed by atoms with Gasteiger partial charge in [-0.25, -0.2) is 0 Å². The third kappa shape index (κ3) is 4.54. The number of aromatic nitrogens is 2. The van der Waals surface area contributed by atoms with E-state index in [1.54, 1.807) is 0 Å². The van der Waals surface area contributed by atoms with Crippen LogP contribution in [-0.2, 0) is 6.54 Å². The van der Waals surface area contributed by atoms with Crippen LogP contribution in [0.15, 0.2) is 24.3 Å². The zero-order valence-electron chi connectivity index (χ0n) is 14.5. The predicted molar refractivity (Wildman–Crippen MR) is 103 cm³/mol. The van der Waals surface area contributed by atoms with Crippen molar-refractivity contribution in [2.24, 2.45) is 0 Å². The summed E-state index contributed by atoms with van der Waals surface area (Å²) in [6.07, 6.45) is 2.11. The van der Waals surface area contributed by atoms with Crippen molar-refractivity contribution >= 4 is 29.9 Å². The van der Waals surface area contributed by atoms with Gasteiger partial charge in [0.15, 0.2) is 0 Å². The Morgan fingerprint density at radius 1 is 1.40 bits per heavy atom. The van der Waals surface area contributed by atoms with E-state index in [1.807, 2.05) is 42.8 Å². The van der Waals surface area contributed by atoms with Crippen LogP contribution in [0.3, 0.4) is 0 Å². The summed E-state index contributed by atoms with van der Waals surface area (Å²) in [6.45, 7) is 6.23. The smallest absolute Gasteiger partial charge is 0.255 e. The third-order valence-corrected chi connectivity index (χ3v) is 4.89. The molecule has 0 aliphatic carbocycles. The molecule has 2 heterocycles. The van der Waals surface area contributed by atoms with Crippen LogP contribution in [-0.4, -0.2) is 34.8 Å². The lowest BCUT2D eigenvalue weighted by molar-refractivity contribution is 0.0929. The Labute approximate surface area is 159 Å². The molecule has 1 saturated heterocycles. The van der Waals surface area contributed by atoms with Crippen LogP contribution in [0, 0.1) is 13.8 Å². The Bertz CT molecular complexity index is 739. The molecule has 0 unspecified atom stereocenters. The minimum absolute atomic E-state index is 0. The molecule has 1 fully saturated rings. The molecule has 2 N–H and O–H groups in total. The minimum atomic E-state index is -0.0379. The summed E-state index contributed by atoms with van der Waals surface area (Å²) in [7, 11) is 0. The van der Waals surface area contributed by atoms with Gasteiger partial charge in [-0.05, 0) is 44.9 Å². The summed E-state index contributed by atoms with van der Waals surface area (Å²) < 4.78 is 1.85. The quantitative estimate of drug-likeness (QED) is 0.853. The van der Waals surface area contributed by atoms with Crippen molar-refractivity contribution < 1.29 is 4.79 Å². The van der Waals surface area contributed by atoms with Crippen LogP contribution in [0.2, 0.25) is 5.02 Å². The molecule has 0 radical (unpaired) electrons. The monoisotopic (exact) mass is 382 g/mol. The lowest BCUT2D eigenvalue weighted by Crippen LogP contribution is -2.45. The molecule has 5 nitrogen and oxygen atoms in total. The SMILES string of the molecule is Cc1nn(Cc2ccccc2Cl)c(C)c1C(=O)N[C@H]1CCCNC1.Cl. The van der Waals surface area contributed by atoms with Gasteiger partial charge in [0.2, 0.25) is 0 Å². The second kappa shape index (κ2) is 8.70. The molecule has 1 amide bonds. The van der Waals surface area contributed by atoms with Crippen LogP contribution in [0.5, 0.6) is 0 Å². The number of aryl methyl sites for hydroxylation is 1. The summed E-state index contributed by atoms with van der Waals surface area (Å²) in [4.78, 5) is 12.7. The highest BCUT2D eigenvalue weighted by Crippen LogP contribution is 2.19. The number of carbonyl (C=O) groups is 1. The van der Waals surface area contributed by atoms with Crippen molar-refractivity contribution in [2.75, 3.05) is 13.1 Å². The van der Waals surface area contributed by atoms with Gasteiger partial charge in [0.1, 0.15) is 0 Å². The molecule has 25 heavy (non-hydrogen) atoms. The molecule has 0 saturated carbocycles. The van der Waals surface area contributed by atoms with Crippen molar-refractivity contribution in [1.29, 1.82) is 0 Å². The molecule has 2 aromatic rings. The van der Waals surface area contributed by atoms with E-state index in [2.05, 4.69) is 15.7 Å². The molecular formula is C18H24Cl2N4O. The summed E-state index contributed by atoms with van der Waals surface area (Å²) in [6, 6.07) is 7.90. The van der Waals surface area contributed by atoms with Gasteiger partial charge in [0.25, 0.3) is 5.91 Å². The highest BCUT2D eigenvalue weighted by atomic mass is 35.5. The molecule has 1 aliphatic heterocycles. The molecule has 1 aromatic carbocycles. The molecular weight excluding hydrogens is 359 g/mol. The predicted octanol–water partition coefficient (Wildman–Crippen LogP) is 3.11. The number of nitrogens with zero attached hydrogens (tertiary/aromatic N) is 2. The number of carbonyl (C=O) groups excluding carboxylic acids is 1. The Kier molecular flexibility index (Phi) is 6.87. The van der Waals surface area contributed by atoms with Crippen molar-refractivity contribution in [3.8, 4) is 0 Å². The van der Waals surface area contributed by atoms with E-state index in [0.29, 0.717) is 17.1 Å². The lowest BCUT2D eigenvalue weighted by atomic mass is 10.1. The number of piperidine rings is 1. The summed E-state index contributed by atoms with van der Waals surface area (Å²) in [5.41, 5.74) is 3.29. The molecule has 3 rings (SSSR count). The second-order valence-corrected chi connectivity index (χ2v) is 6.72. The Balaban J connectivity index is 0.00000225. The highest BCUT2D eigenvalue weighted by molar-refractivity contribution is 6.31.